The lowest BCUT2D eigenvalue weighted by atomic mass is 9.99. The first-order valence-electron chi connectivity index (χ1n) is 9.94. The molecule has 8 nitrogen and oxygen atoms in total. The Kier molecular flexibility index (Phi) is 8.18. The van der Waals surface area contributed by atoms with E-state index in [0.29, 0.717) is 37.0 Å². The summed E-state index contributed by atoms with van der Waals surface area (Å²) < 4.78 is 27.3. The molecule has 2 amide bonds. The summed E-state index contributed by atoms with van der Waals surface area (Å²) in [7, 11) is -0.276. The third-order valence-electron chi connectivity index (χ3n) is 5.33. The Hall–Kier alpha value is -1.97. The Morgan fingerprint density at radius 1 is 1.10 bits per heavy atom. The summed E-state index contributed by atoms with van der Waals surface area (Å²) in [5.41, 5.74) is 1.13. The van der Waals surface area contributed by atoms with Crippen molar-refractivity contribution in [3.63, 3.8) is 0 Å². The summed E-state index contributed by atoms with van der Waals surface area (Å²) in [5.74, 6) is -0.0137. The minimum Gasteiger partial charge on any atom is -0.347 e. The average molecular weight is 425 g/mol. The number of piperazine rings is 1. The maximum atomic E-state index is 12.9. The van der Waals surface area contributed by atoms with E-state index in [4.69, 9.17) is 0 Å². The van der Waals surface area contributed by atoms with E-state index in [2.05, 4.69) is 19.2 Å². The number of hydrogen-bond acceptors (Lipinski definition) is 5. The summed E-state index contributed by atoms with van der Waals surface area (Å²) in [6.45, 7) is 5.95. The molecule has 9 heteroatoms. The second-order valence-electron chi connectivity index (χ2n) is 7.62. The number of amides is 2. The number of likely N-dealkylation sites (N-methyl/N-ethyl adjacent to an activating group) is 1. The van der Waals surface area contributed by atoms with Gasteiger partial charge >= 0.3 is 0 Å². The zero-order valence-electron chi connectivity index (χ0n) is 17.7. The lowest BCUT2D eigenvalue weighted by Crippen LogP contribution is -2.51. The highest BCUT2D eigenvalue weighted by molar-refractivity contribution is 7.89. The van der Waals surface area contributed by atoms with E-state index in [1.807, 2.05) is 17.0 Å². The van der Waals surface area contributed by atoms with E-state index in [9.17, 15) is 18.0 Å². The molecule has 0 unspecified atom stereocenters. The molecule has 1 aromatic rings. The number of rotatable bonds is 8. The van der Waals surface area contributed by atoms with Crippen LogP contribution in [0.4, 0.5) is 0 Å². The van der Waals surface area contributed by atoms with Crippen LogP contribution < -0.4 is 5.32 Å². The van der Waals surface area contributed by atoms with Gasteiger partial charge in [0.05, 0.1) is 18.0 Å². The summed E-state index contributed by atoms with van der Waals surface area (Å²) in [6.07, 6.45) is 1.00. The molecular weight excluding hydrogens is 392 g/mol. The second kappa shape index (κ2) is 10.2. The molecule has 0 radical (unpaired) electrons. The van der Waals surface area contributed by atoms with Gasteiger partial charge in [-0.1, -0.05) is 26.0 Å². The predicted octanol–water partition coefficient (Wildman–Crippen LogP) is 0.711. The van der Waals surface area contributed by atoms with Gasteiger partial charge in [0.1, 0.15) is 0 Å². The van der Waals surface area contributed by atoms with Crippen LogP contribution in [0.15, 0.2) is 29.2 Å². The third-order valence-corrected chi connectivity index (χ3v) is 7.25. The maximum absolute atomic E-state index is 12.9. The smallest absolute Gasteiger partial charge is 0.243 e. The van der Waals surface area contributed by atoms with Gasteiger partial charge in [-0.2, -0.15) is 4.31 Å². The highest BCUT2D eigenvalue weighted by atomic mass is 32.2. The van der Waals surface area contributed by atoms with Gasteiger partial charge in [-0.25, -0.2) is 8.42 Å². The van der Waals surface area contributed by atoms with Crippen molar-refractivity contribution in [3.05, 3.63) is 29.8 Å². The number of benzene rings is 1. The number of hydrogen-bond donors (Lipinski definition) is 1. The average Bonchev–Trinajstić information content (AvgIpc) is 2.71. The Bertz CT molecular complexity index is 800. The number of nitrogens with one attached hydrogen (secondary N) is 1. The standard InChI is InChI=1S/C20H32N4O4S/c1-5-16(2)17-6-8-18(9-7-17)29(27,28)24-12-10-23(11-13-24)15-19(25)21-14-20(26)22(3)4/h6-9,16H,5,10-15H2,1-4H3,(H,21,25)/t16-/m0/s1. The van der Waals surface area contributed by atoms with Crippen LogP contribution in [0.25, 0.3) is 0 Å². The van der Waals surface area contributed by atoms with Crippen molar-refractivity contribution in [2.75, 3.05) is 53.4 Å². The molecule has 0 bridgehead atoms. The lowest BCUT2D eigenvalue weighted by molar-refractivity contribution is -0.131. The molecule has 1 aliphatic heterocycles. The van der Waals surface area contributed by atoms with Crippen molar-refractivity contribution in [1.82, 2.24) is 19.4 Å². The van der Waals surface area contributed by atoms with E-state index in [-0.39, 0.29) is 24.9 Å². The van der Waals surface area contributed by atoms with Crippen molar-refractivity contribution in [1.29, 1.82) is 0 Å². The minimum atomic E-state index is -3.54. The predicted molar refractivity (Wildman–Crippen MR) is 112 cm³/mol. The zero-order valence-corrected chi connectivity index (χ0v) is 18.5. The molecule has 29 heavy (non-hydrogen) atoms. The van der Waals surface area contributed by atoms with Crippen LogP contribution >= 0.6 is 0 Å². The SMILES string of the molecule is CC[C@H](C)c1ccc(S(=O)(=O)N2CCN(CC(=O)NCC(=O)N(C)C)CC2)cc1. The van der Waals surface area contributed by atoms with Gasteiger partial charge in [-0.3, -0.25) is 14.5 Å². The first-order chi connectivity index (χ1) is 13.6. The fraction of sp³-hybridized carbons (Fsp3) is 0.600. The number of carbonyl (C=O) groups is 2. The molecule has 1 fully saturated rings. The first-order valence-corrected chi connectivity index (χ1v) is 11.4. The molecule has 1 saturated heterocycles. The second-order valence-corrected chi connectivity index (χ2v) is 9.56. The van der Waals surface area contributed by atoms with Crippen LogP contribution in [-0.4, -0.2) is 87.7 Å². The highest BCUT2D eigenvalue weighted by Crippen LogP contribution is 2.23. The van der Waals surface area contributed by atoms with Crippen LogP contribution in [0.3, 0.4) is 0 Å². The molecule has 0 aliphatic carbocycles. The van der Waals surface area contributed by atoms with Crippen molar-refractivity contribution < 1.29 is 18.0 Å². The van der Waals surface area contributed by atoms with E-state index in [1.165, 1.54) is 9.21 Å². The van der Waals surface area contributed by atoms with Crippen molar-refractivity contribution in [3.8, 4) is 0 Å². The molecular formula is C20H32N4O4S. The molecule has 1 atom stereocenters. The van der Waals surface area contributed by atoms with Gasteiger partial charge in [-0.15, -0.1) is 0 Å². The summed E-state index contributed by atoms with van der Waals surface area (Å²) >= 11 is 0. The van der Waals surface area contributed by atoms with Crippen LogP contribution in [0, 0.1) is 0 Å². The van der Waals surface area contributed by atoms with Crippen LogP contribution in [0.1, 0.15) is 31.7 Å². The van der Waals surface area contributed by atoms with Gasteiger partial charge in [0.2, 0.25) is 21.8 Å². The Morgan fingerprint density at radius 3 is 2.21 bits per heavy atom. The fourth-order valence-electron chi connectivity index (χ4n) is 3.07. The molecule has 0 spiro atoms. The van der Waals surface area contributed by atoms with Gasteiger partial charge in [0.25, 0.3) is 0 Å². The van der Waals surface area contributed by atoms with Gasteiger partial charge in [0.15, 0.2) is 0 Å². The molecule has 0 saturated carbocycles. The molecule has 1 aromatic carbocycles. The topological polar surface area (TPSA) is 90.0 Å². The van der Waals surface area contributed by atoms with E-state index in [1.54, 1.807) is 26.2 Å². The monoisotopic (exact) mass is 424 g/mol. The largest absolute Gasteiger partial charge is 0.347 e. The van der Waals surface area contributed by atoms with Crippen LogP contribution in [0.5, 0.6) is 0 Å². The molecule has 1 N–H and O–H groups in total. The van der Waals surface area contributed by atoms with Gasteiger partial charge in [0, 0.05) is 40.3 Å². The summed E-state index contributed by atoms with van der Waals surface area (Å²) in [6, 6.07) is 7.13. The molecule has 1 heterocycles. The minimum absolute atomic E-state index is 0.0349. The summed E-state index contributed by atoms with van der Waals surface area (Å²) in [4.78, 5) is 27.1. The fourth-order valence-corrected chi connectivity index (χ4v) is 4.49. The Balaban J connectivity index is 1.87. The normalized spacial score (nSPS) is 17.0. The quantitative estimate of drug-likeness (QED) is 0.664. The molecule has 2 rings (SSSR count). The van der Waals surface area contributed by atoms with Crippen LogP contribution in [-0.2, 0) is 19.6 Å². The van der Waals surface area contributed by atoms with Crippen molar-refractivity contribution in [2.45, 2.75) is 31.1 Å². The molecule has 1 aliphatic rings. The van der Waals surface area contributed by atoms with E-state index < -0.39 is 10.0 Å². The lowest BCUT2D eigenvalue weighted by Gasteiger charge is -2.33. The van der Waals surface area contributed by atoms with Crippen LogP contribution in [0.2, 0.25) is 0 Å². The third kappa shape index (κ3) is 6.25. The highest BCUT2D eigenvalue weighted by Gasteiger charge is 2.29. The van der Waals surface area contributed by atoms with Crippen molar-refractivity contribution in [2.24, 2.45) is 0 Å². The maximum Gasteiger partial charge on any atom is 0.243 e. The van der Waals surface area contributed by atoms with E-state index >= 15 is 0 Å². The Morgan fingerprint density at radius 2 is 1.69 bits per heavy atom. The zero-order chi connectivity index (χ0) is 21.6. The number of nitrogens with zero attached hydrogens (tertiary/aromatic N) is 3. The van der Waals surface area contributed by atoms with Gasteiger partial charge in [-0.05, 0) is 30.0 Å². The number of sulfonamides is 1. The first kappa shape index (κ1) is 23.3. The van der Waals surface area contributed by atoms with Crippen molar-refractivity contribution >= 4 is 21.8 Å². The molecule has 162 valence electrons. The van der Waals surface area contributed by atoms with Gasteiger partial charge < -0.3 is 10.2 Å². The number of carbonyl (C=O) groups excluding carboxylic acids is 2. The van der Waals surface area contributed by atoms with E-state index in [0.717, 1.165) is 12.0 Å². The Labute approximate surface area is 173 Å². The summed E-state index contributed by atoms with van der Waals surface area (Å²) in [5, 5.41) is 2.59. The molecule has 0 aromatic heterocycles.